The molecule has 0 saturated carbocycles. The number of aromatic nitrogens is 2. The first-order valence-corrected chi connectivity index (χ1v) is 9.49. The Bertz CT molecular complexity index is 762. The van der Waals surface area contributed by atoms with Crippen LogP contribution in [-0.4, -0.2) is 46.6 Å². The zero-order chi connectivity index (χ0) is 18.3. The number of hydrogen-bond donors (Lipinski definition) is 0. The van der Waals surface area contributed by atoms with E-state index in [-0.39, 0.29) is 11.9 Å². The smallest absolute Gasteiger partial charge is 0.226 e. The van der Waals surface area contributed by atoms with E-state index in [0.717, 1.165) is 49.9 Å². The van der Waals surface area contributed by atoms with Crippen LogP contribution in [0.15, 0.2) is 28.8 Å². The number of hydrogen-bond acceptors (Lipinski definition) is 5. The van der Waals surface area contributed by atoms with E-state index < -0.39 is 0 Å². The van der Waals surface area contributed by atoms with Gasteiger partial charge in [-0.1, -0.05) is 31.1 Å². The average Bonchev–Trinajstić information content (AvgIpc) is 3.21. The normalized spacial score (nSPS) is 26.7. The van der Waals surface area contributed by atoms with Gasteiger partial charge in [0.1, 0.15) is 5.82 Å². The standard InChI is InChI=1S/C20H27FN4O/c1-13(2)7-19-22-18(23-26-19)12-25-10-15-9-24(3)20(17(15)11-25)14-5-4-6-16(21)8-14/h4-6,8,13,15,17,20H,7,9-12H2,1-3H3/t15-,17+,20-/m0/s1. The molecule has 5 nitrogen and oxygen atoms in total. The van der Waals surface area contributed by atoms with Gasteiger partial charge < -0.3 is 4.52 Å². The van der Waals surface area contributed by atoms with Gasteiger partial charge in [0.2, 0.25) is 5.89 Å². The van der Waals surface area contributed by atoms with Crippen LogP contribution in [0.5, 0.6) is 0 Å². The molecule has 26 heavy (non-hydrogen) atoms. The fraction of sp³-hybridized carbons (Fsp3) is 0.600. The maximum absolute atomic E-state index is 13.7. The van der Waals surface area contributed by atoms with Gasteiger partial charge in [-0.3, -0.25) is 9.80 Å². The van der Waals surface area contributed by atoms with Crippen molar-refractivity contribution in [1.82, 2.24) is 19.9 Å². The van der Waals surface area contributed by atoms with E-state index in [0.29, 0.717) is 17.8 Å². The number of rotatable bonds is 5. The first kappa shape index (κ1) is 17.6. The van der Waals surface area contributed by atoms with E-state index in [2.05, 4.69) is 40.8 Å². The Kier molecular flexibility index (Phi) is 4.80. The number of likely N-dealkylation sites (tertiary alicyclic amines) is 2. The summed E-state index contributed by atoms with van der Waals surface area (Å²) in [4.78, 5) is 9.32. The SMILES string of the molecule is CC(C)Cc1nc(CN2C[C@@H]3CN(C)[C@@H](c4cccc(F)c4)[C@@H]3C2)no1. The van der Waals surface area contributed by atoms with Gasteiger partial charge in [-0.15, -0.1) is 0 Å². The van der Waals surface area contributed by atoms with Crippen LogP contribution in [0.4, 0.5) is 4.39 Å². The van der Waals surface area contributed by atoms with Crippen molar-refractivity contribution in [3.63, 3.8) is 0 Å². The quantitative estimate of drug-likeness (QED) is 0.822. The molecule has 0 spiro atoms. The van der Waals surface area contributed by atoms with E-state index >= 15 is 0 Å². The van der Waals surface area contributed by atoms with Crippen molar-refractivity contribution >= 4 is 0 Å². The van der Waals surface area contributed by atoms with Gasteiger partial charge in [0.05, 0.1) is 6.54 Å². The molecule has 2 aliphatic rings. The van der Waals surface area contributed by atoms with Gasteiger partial charge in [-0.05, 0) is 42.5 Å². The van der Waals surface area contributed by atoms with Crippen molar-refractivity contribution in [3.8, 4) is 0 Å². The first-order valence-electron chi connectivity index (χ1n) is 9.49. The molecule has 0 unspecified atom stereocenters. The highest BCUT2D eigenvalue weighted by molar-refractivity contribution is 5.23. The fourth-order valence-corrected chi connectivity index (χ4v) is 4.66. The van der Waals surface area contributed by atoms with E-state index in [1.54, 1.807) is 6.07 Å². The molecule has 2 aromatic rings. The molecule has 6 heteroatoms. The molecule has 0 amide bonds. The summed E-state index contributed by atoms with van der Waals surface area (Å²) in [6, 6.07) is 7.34. The molecule has 0 radical (unpaired) electrons. The topological polar surface area (TPSA) is 45.4 Å². The summed E-state index contributed by atoms with van der Waals surface area (Å²) in [6.07, 6.45) is 0.824. The molecule has 1 aromatic carbocycles. The van der Waals surface area contributed by atoms with Crippen LogP contribution >= 0.6 is 0 Å². The largest absolute Gasteiger partial charge is 0.339 e. The third kappa shape index (κ3) is 3.53. The Morgan fingerprint density at radius 1 is 1.27 bits per heavy atom. The lowest BCUT2D eigenvalue weighted by Crippen LogP contribution is -2.29. The Labute approximate surface area is 154 Å². The monoisotopic (exact) mass is 358 g/mol. The van der Waals surface area contributed by atoms with Crippen LogP contribution in [0.2, 0.25) is 0 Å². The zero-order valence-electron chi connectivity index (χ0n) is 15.7. The van der Waals surface area contributed by atoms with Gasteiger partial charge in [0, 0.05) is 32.1 Å². The lowest BCUT2D eigenvalue weighted by Gasteiger charge is -2.26. The summed E-state index contributed by atoms with van der Waals surface area (Å²) in [5.41, 5.74) is 1.08. The molecular formula is C20H27FN4O. The van der Waals surface area contributed by atoms with Crippen LogP contribution < -0.4 is 0 Å². The maximum Gasteiger partial charge on any atom is 0.226 e. The van der Waals surface area contributed by atoms with Crippen LogP contribution in [-0.2, 0) is 13.0 Å². The van der Waals surface area contributed by atoms with Crippen molar-refractivity contribution in [3.05, 3.63) is 47.4 Å². The highest BCUT2D eigenvalue weighted by Gasteiger charge is 2.46. The molecule has 3 atom stereocenters. The van der Waals surface area contributed by atoms with Gasteiger partial charge in [-0.2, -0.15) is 4.98 Å². The van der Waals surface area contributed by atoms with Crippen molar-refractivity contribution in [1.29, 1.82) is 0 Å². The van der Waals surface area contributed by atoms with Gasteiger partial charge >= 0.3 is 0 Å². The highest BCUT2D eigenvalue weighted by atomic mass is 19.1. The molecule has 3 heterocycles. The number of nitrogens with zero attached hydrogens (tertiary/aromatic N) is 4. The second-order valence-corrected chi connectivity index (χ2v) is 8.26. The van der Waals surface area contributed by atoms with Gasteiger partial charge in [0.25, 0.3) is 0 Å². The van der Waals surface area contributed by atoms with Gasteiger partial charge in [-0.25, -0.2) is 4.39 Å². The molecule has 2 fully saturated rings. The van der Waals surface area contributed by atoms with Crippen molar-refractivity contribution < 1.29 is 8.91 Å². The molecule has 140 valence electrons. The van der Waals surface area contributed by atoms with Crippen molar-refractivity contribution in [2.24, 2.45) is 17.8 Å². The minimum atomic E-state index is -0.154. The lowest BCUT2D eigenvalue weighted by atomic mass is 9.89. The Morgan fingerprint density at radius 2 is 2.12 bits per heavy atom. The lowest BCUT2D eigenvalue weighted by molar-refractivity contribution is 0.220. The molecule has 2 aliphatic heterocycles. The average molecular weight is 358 g/mol. The van der Waals surface area contributed by atoms with E-state index in [4.69, 9.17) is 4.52 Å². The van der Waals surface area contributed by atoms with Crippen LogP contribution in [0.3, 0.4) is 0 Å². The summed E-state index contributed by atoms with van der Waals surface area (Å²) < 4.78 is 19.1. The van der Waals surface area contributed by atoms with Crippen molar-refractivity contribution in [2.75, 3.05) is 26.7 Å². The molecule has 0 N–H and O–H groups in total. The maximum atomic E-state index is 13.7. The minimum absolute atomic E-state index is 0.154. The Morgan fingerprint density at radius 3 is 2.88 bits per heavy atom. The van der Waals surface area contributed by atoms with Crippen LogP contribution in [0.1, 0.15) is 37.2 Å². The second kappa shape index (κ2) is 7.08. The summed E-state index contributed by atoms with van der Waals surface area (Å²) in [5.74, 6) is 2.98. The van der Waals surface area contributed by atoms with E-state index in [9.17, 15) is 4.39 Å². The summed E-state index contributed by atoms with van der Waals surface area (Å²) in [7, 11) is 2.15. The van der Waals surface area contributed by atoms with Gasteiger partial charge in [0.15, 0.2) is 5.82 Å². The van der Waals surface area contributed by atoms with Crippen molar-refractivity contribution in [2.45, 2.75) is 32.9 Å². The minimum Gasteiger partial charge on any atom is -0.339 e. The molecule has 0 aliphatic carbocycles. The fourth-order valence-electron chi connectivity index (χ4n) is 4.66. The van der Waals surface area contributed by atoms with E-state index in [1.807, 2.05) is 12.1 Å². The second-order valence-electron chi connectivity index (χ2n) is 8.26. The third-order valence-corrected chi connectivity index (χ3v) is 5.62. The van der Waals surface area contributed by atoms with Crippen LogP contribution in [0.25, 0.3) is 0 Å². The number of halogens is 1. The third-order valence-electron chi connectivity index (χ3n) is 5.62. The molecular weight excluding hydrogens is 331 g/mol. The Balaban J connectivity index is 1.43. The molecule has 1 aromatic heterocycles. The molecule has 2 saturated heterocycles. The van der Waals surface area contributed by atoms with Crippen LogP contribution in [0, 0.1) is 23.6 Å². The molecule has 4 rings (SSSR count). The van der Waals surface area contributed by atoms with E-state index in [1.165, 1.54) is 6.07 Å². The summed E-state index contributed by atoms with van der Waals surface area (Å²) in [6.45, 7) is 8.10. The predicted molar refractivity (Wildman–Crippen MR) is 96.9 cm³/mol. The highest BCUT2D eigenvalue weighted by Crippen LogP contribution is 2.44. The summed E-state index contributed by atoms with van der Waals surface area (Å²) >= 11 is 0. The zero-order valence-corrected chi connectivity index (χ0v) is 15.7. The predicted octanol–water partition coefficient (Wildman–Crippen LogP) is 3.14. The summed E-state index contributed by atoms with van der Waals surface area (Å²) in [5, 5.41) is 4.14. The number of fused-ring (bicyclic) bond motifs is 1. The molecule has 0 bridgehead atoms. The number of benzene rings is 1. The first-order chi connectivity index (χ1) is 12.5. The Hall–Kier alpha value is -1.79.